The summed E-state index contributed by atoms with van der Waals surface area (Å²) in [6, 6.07) is 15.7. The number of rotatable bonds is 10. The molecule has 0 unspecified atom stereocenters. The third kappa shape index (κ3) is 7.04. The molecule has 43 heavy (non-hydrogen) atoms. The summed E-state index contributed by atoms with van der Waals surface area (Å²) in [7, 11) is 0. The molecule has 2 aromatic carbocycles. The van der Waals surface area contributed by atoms with Crippen molar-refractivity contribution < 1.29 is 9.32 Å². The summed E-state index contributed by atoms with van der Waals surface area (Å²) in [5.41, 5.74) is 4.99. The number of aryl methyl sites for hydroxylation is 2. The van der Waals surface area contributed by atoms with Gasteiger partial charge in [0.15, 0.2) is 5.82 Å². The number of nitrogens with one attached hydrogen (secondary N) is 1. The van der Waals surface area contributed by atoms with Gasteiger partial charge in [-0.2, -0.15) is 0 Å². The molecular weight excluding hydrogens is 542 g/mol. The standard InChI is InChI=1S/C34H41N5O4/c1-5-6-12-29-35-23(2)26(17-18-30(40)38-20-9-19-34(3,4)22-38)32(41)39(29)21-24-13-15-25(16-14-24)27-10-7-8-11-28(27)31-36-33(42)43-37-31/h7-8,10-11,13-16H,5-6,9,12,17-22H2,1-4H3,(H,36,37,42). The molecule has 1 fully saturated rings. The summed E-state index contributed by atoms with van der Waals surface area (Å²) >= 11 is 0. The number of unbranched alkanes of at least 4 members (excludes halogenated alkanes) is 1. The van der Waals surface area contributed by atoms with Crippen molar-refractivity contribution in [2.24, 2.45) is 5.41 Å². The first-order chi connectivity index (χ1) is 20.6. The first-order valence-corrected chi connectivity index (χ1v) is 15.3. The predicted molar refractivity (Wildman–Crippen MR) is 167 cm³/mol. The Labute approximate surface area is 252 Å². The van der Waals surface area contributed by atoms with Crippen LogP contribution in [0.3, 0.4) is 0 Å². The average Bonchev–Trinajstić information content (AvgIpc) is 3.43. The van der Waals surface area contributed by atoms with Crippen molar-refractivity contribution in [2.45, 2.75) is 79.2 Å². The number of carbonyl (C=O) groups excluding carboxylic acids is 1. The van der Waals surface area contributed by atoms with Gasteiger partial charge in [-0.15, -0.1) is 0 Å². The summed E-state index contributed by atoms with van der Waals surface area (Å²) in [6.45, 7) is 10.4. The van der Waals surface area contributed by atoms with E-state index in [1.54, 1.807) is 4.57 Å². The fourth-order valence-electron chi connectivity index (χ4n) is 6.02. The lowest BCUT2D eigenvalue weighted by Crippen LogP contribution is -2.43. The van der Waals surface area contributed by atoms with Crippen LogP contribution in [0.2, 0.25) is 0 Å². The second-order valence-electron chi connectivity index (χ2n) is 12.4. The van der Waals surface area contributed by atoms with E-state index in [2.05, 4.69) is 30.9 Å². The van der Waals surface area contributed by atoms with Crippen molar-refractivity contribution in [1.29, 1.82) is 0 Å². The van der Waals surface area contributed by atoms with E-state index in [0.717, 1.165) is 79.0 Å². The number of benzene rings is 2. The SMILES string of the molecule is CCCCc1nc(C)c(CCC(=O)N2CCCC(C)(C)C2)c(=O)n1Cc1ccc(-c2ccccc2-c2noc(=O)[nH]2)cc1. The number of nitrogens with zero attached hydrogens (tertiary/aromatic N) is 4. The number of hydrogen-bond acceptors (Lipinski definition) is 6. The van der Waals surface area contributed by atoms with E-state index in [1.165, 1.54) is 0 Å². The van der Waals surface area contributed by atoms with E-state index in [9.17, 15) is 14.4 Å². The van der Waals surface area contributed by atoms with Crippen LogP contribution in [0.1, 0.15) is 75.5 Å². The van der Waals surface area contributed by atoms with Crippen LogP contribution in [0.15, 0.2) is 62.6 Å². The topological polar surface area (TPSA) is 114 Å². The van der Waals surface area contributed by atoms with Crippen LogP contribution >= 0.6 is 0 Å². The molecule has 1 aliphatic rings. The molecule has 226 valence electrons. The van der Waals surface area contributed by atoms with Gasteiger partial charge in [0.2, 0.25) is 5.91 Å². The Morgan fingerprint density at radius 1 is 1.05 bits per heavy atom. The molecule has 0 atom stereocenters. The van der Waals surface area contributed by atoms with E-state index in [-0.39, 0.29) is 16.9 Å². The molecule has 0 radical (unpaired) electrons. The average molecular weight is 584 g/mol. The highest BCUT2D eigenvalue weighted by Crippen LogP contribution is 2.30. The van der Waals surface area contributed by atoms with Gasteiger partial charge in [0.1, 0.15) is 5.82 Å². The Hall–Kier alpha value is -4.27. The molecule has 2 aromatic heterocycles. The number of H-pyrrole nitrogens is 1. The minimum atomic E-state index is -0.602. The molecule has 1 saturated heterocycles. The molecule has 1 N–H and O–H groups in total. The number of aromatic amines is 1. The minimum Gasteiger partial charge on any atom is -0.342 e. The minimum absolute atomic E-state index is 0.0604. The summed E-state index contributed by atoms with van der Waals surface area (Å²) in [6.07, 6.45) is 5.50. The summed E-state index contributed by atoms with van der Waals surface area (Å²) in [4.78, 5) is 48.0. The van der Waals surface area contributed by atoms with Gasteiger partial charge in [-0.05, 0) is 54.7 Å². The van der Waals surface area contributed by atoms with Gasteiger partial charge in [-0.25, -0.2) is 9.78 Å². The number of likely N-dealkylation sites (tertiary alicyclic amines) is 1. The van der Waals surface area contributed by atoms with Gasteiger partial charge in [-0.1, -0.05) is 80.9 Å². The number of amides is 1. The van der Waals surface area contributed by atoms with Gasteiger partial charge in [0.25, 0.3) is 5.56 Å². The van der Waals surface area contributed by atoms with Crippen LogP contribution in [-0.4, -0.2) is 43.6 Å². The molecule has 9 nitrogen and oxygen atoms in total. The van der Waals surface area contributed by atoms with Crippen molar-refractivity contribution in [2.75, 3.05) is 13.1 Å². The maximum absolute atomic E-state index is 13.9. The Morgan fingerprint density at radius 3 is 2.47 bits per heavy atom. The largest absolute Gasteiger partial charge is 0.439 e. The van der Waals surface area contributed by atoms with Crippen molar-refractivity contribution in [3.05, 3.63) is 92.1 Å². The molecule has 3 heterocycles. The van der Waals surface area contributed by atoms with E-state index in [1.807, 2.05) is 60.4 Å². The van der Waals surface area contributed by atoms with Crippen molar-refractivity contribution >= 4 is 5.91 Å². The maximum Gasteiger partial charge on any atom is 0.439 e. The van der Waals surface area contributed by atoms with Crippen molar-refractivity contribution in [3.8, 4) is 22.5 Å². The van der Waals surface area contributed by atoms with Crippen LogP contribution in [0.25, 0.3) is 22.5 Å². The lowest BCUT2D eigenvalue weighted by atomic mass is 9.84. The molecule has 5 rings (SSSR count). The Balaban J connectivity index is 1.39. The summed E-state index contributed by atoms with van der Waals surface area (Å²) < 4.78 is 6.50. The van der Waals surface area contributed by atoms with Gasteiger partial charge in [0.05, 0.1) is 6.54 Å². The molecule has 4 aromatic rings. The Bertz CT molecular complexity index is 1700. The molecular formula is C34H41N5O4. The van der Waals surface area contributed by atoms with E-state index in [0.29, 0.717) is 30.8 Å². The molecule has 1 amide bonds. The van der Waals surface area contributed by atoms with Gasteiger partial charge in [0, 0.05) is 42.8 Å². The molecule has 9 heteroatoms. The normalized spacial score (nSPS) is 14.7. The lowest BCUT2D eigenvalue weighted by molar-refractivity contribution is -0.134. The summed E-state index contributed by atoms with van der Waals surface area (Å²) in [5.74, 6) is 0.660. The highest BCUT2D eigenvalue weighted by atomic mass is 16.5. The first-order valence-electron chi connectivity index (χ1n) is 15.3. The zero-order chi connectivity index (χ0) is 30.6. The van der Waals surface area contributed by atoms with Crippen LogP contribution in [0.4, 0.5) is 0 Å². The maximum atomic E-state index is 13.9. The van der Waals surface area contributed by atoms with E-state index < -0.39 is 5.76 Å². The lowest BCUT2D eigenvalue weighted by Gasteiger charge is -2.38. The number of hydrogen-bond donors (Lipinski definition) is 1. The van der Waals surface area contributed by atoms with E-state index in [4.69, 9.17) is 9.51 Å². The first kappa shape index (κ1) is 30.2. The van der Waals surface area contributed by atoms with Crippen LogP contribution in [0, 0.1) is 12.3 Å². The smallest absolute Gasteiger partial charge is 0.342 e. The fraction of sp³-hybridized carbons (Fsp3) is 0.441. The molecule has 0 aliphatic carbocycles. The number of carbonyl (C=O) groups is 1. The van der Waals surface area contributed by atoms with Crippen LogP contribution < -0.4 is 11.3 Å². The highest BCUT2D eigenvalue weighted by Gasteiger charge is 2.29. The monoisotopic (exact) mass is 583 g/mol. The van der Waals surface area contributed by atoms with Gasteiger partial charge < -0.3 is 4.90 Å². The molecule has 1 aliphatic heterocycles. The second-order valence-corrected chi connectivity index (χ2v) is 12.4. The molecule has 0 bridgehead atoms. The zero-order valence-corrected chi connectivity index (χ0v) is 25.6. The number of piperidine rings is 1. The Kier molecular flexibility index (Phi) is 9.08. The molecule has 0 saturated carbocycles. The molecule has 0 spiro atoms. The third-order valence-corrected chi connectivity index (χ3v) is 8.37. The van der Waals surface area contributed by atoms with Crippen molar-refractivity contribution in [1.82, 2.24) is 24.6 Å². The van der Waals surface area contributed by atoms with Crippen LogP contribution in [0.5, 0.6) is 0 Å². The predicted octanol–water partition coefficient (Wildman–Crippen LogP) is 5.53. The Morgan fingerprint density at radius 2 is 1.79 bits per heavy atom. The quantitative estimate of drug-likeness (QED) is 0.262. The van der Waals surface area contributed by atoms with Crippen LogP contribution in [-0.2, 0) is 24.2 Å². The van der Waals surface area contributed by atoms with E-state index >= 15 is 0 Å². The number of aromatic nitrogens is 4. The fourth-order valence-corrected chi connectivity index (χ4v) is 6.02. The zero-order valence-electron chi connectivity index (χ0n) is 25.6. The summed E-state index contributed by atoms with van der Waals surface area (Å²) in [5, 5.41) is 3.85. The second kappa shape index (κ2) is 12.9. The highest BCUT2D eigenvalue weighted by molar-refractivity contribution is 5.80. The third-order valence-electron chi connectivity index (χ3n) is 8.37. The van der Waals surface area contributed by atoms with Gasteiger partial charge >= 0.3 is 5.76 Å². The van der Waals surface area contributed by atoms with Crippen molar-refractivity contribution in [3.63, 3.8) is 0 Å². The van der Waals surface area contributed by atoms with Gasteiger partial charge in [-0.3, -0.25) is 23.7 Å².